The predicted octanol–water partition coefficient (Wildman–Crippen LogP) is 2.23. The maximum Gasteiger partial charge on any atom is 0.134 e. The quantitative estimate of drug-likeness (QED) is 0.729. The van der Waals surface area contributed by atoms with Crippen molar-refractivity contribution < 1.29 is 4.74 Å². The van der Waals surface area contributed by atoms with Crippen LogP contribution in [0.4, 0.5) is 11.6 Å². The zero-order chi connectivity index (χ0) is 13.5. The van der Waals surface area contributed by atoms with E-state index in [-0.39, 0.29) is 6.10 Å². The maximum atomic E-state index is 5.50. The highest BCUT2D eigenvalue weighted by molar-refractivity contribution is 5.56. The van der Waals surface area contributed by atoms with Gasteiger partial charge in [-0.05, 0) is 20.8 Å². The van der Waals surface area contributed by atoms with E-state index in [1.54, 1.807) is 0 Å². The summed E-state index contributed by atoms with van der Waals surface area (Å²) in [5.74, 6) is 2.62. The van der Waals surface area contributed by atoms with Gasteiger partial charge in [0.15, 0.2) is 0 Å². The summed E-state index contributed by atoms with van der Waals surface area (Å²) in [6.45, 7) is 9.56. The van der Waals surface area contributed by atoms with Gasteiger partial charge >= 0.3 is 0 Å². The molecule has 0 atom stereocenters. The van der Waals surface area contributed by atoms with Gasteiger partial charge in [0.1, 0.15) is 17.5 Å². The highest BCUT2D eigenvalue weighted by Crippen LogP contribution is 2.19. The molecule has 0 unspecified atom stereocenters. The van der Waals surface area contributed by atoms with Gasteiger partial charge in [-0.1, -0.05) is 6.92 Å². The van der Waals surface area contributed by atoms with E-state index in [1.807, 2.05) is 27.8 Å². The van der Waals surface area contributed by atoms with Crippen LogP contribution in [-0.2, 0) is 11.2 Å². The third-order valence-corrected chi connectivity index (χ3v) is 2.59. The van der Waals surface area contributed by atoms with Crippen LogP contribution in [0.25, 0.3) is 0 Å². The zero-order valence-corrected chi connectivity index (χ0v) is 12.0. The lowest BCUT2D eigenvalue weighted by atomic mass is 10.3. The topological polar surface area (TPSA) is 59.1 Å². The summed E-state index contributed by atoms with van der Waals surface area (Å²) in [4.78, 5) is 8.93. The molecular formula is C13H24N4O. The van der Waals surface area contributed by atoms with E-state index in [0.29, 0.717) is 6.61 Å². The third kappa shape index (κ3) is 4.14. The first kappa shape index (κ1) is 14.7. The number of nitrogens with one attached hydrogen (secondary N) is 2. The van der Waals surface area contributed by atoms with Crippen molar-refractivity contribution in [2.45, 2.75) is 40.2 Å². The van der Waals surface area contributed by atoms with Crippen LogP contribution in [0, 0.1) is 6.92 Å². The molecule has 0 aliphatic heterocycles. The van der Waals surface area contributed by atoms with Gasteiger partial charge in [-0.15, -0.1) is 0 Å². The molecule has 5 heteroatoms. The SMILES string of the molecule is CCc1nc(NC)c(C)c(NCCOC(C)C)n1. The standard InChI is InChI=1S/C13H24N4O/c1-6-11-16-12(14-5)10(4)13(17-11)15-7-8-18-9(2)3/h9H,6-8H2,1-5H3,(H2,14,15,16,17). The molecule has 1 rings (SSSR count). The second kappa shape index (κ2) is 7.16. The number of ether oxygens (including phenoxy) is 1. The zero-order valence-electron chi connectivity index (χ0n) is 12.0. The van der Waals surface area contributed by atoms with Crippen LogP contribution in [-0.4, -0.2) is 36.3 Å². The maximum absolute atomic E-state index is 5.50. The van der Waals surface area contributed by atoms with Crippen molar-refractivity contribution in [1.29, 1.82) is 0 Å². The van der Waals surface area contributed by atoms with Crippen LogP contribution in [0.1, 0.15) is 32.2 Å². The molecule has 0 saturated heterocycles. The van der Waals surface area contributed by atoms with Gasteiger partial charge in [-0.2, -0.15) is 0 Å². The van der Waals surface area contributed by atoms with Gasteiger partial charge < -0.3 is 15.4 Å². The largest absolute Gasteiger partial charge is 0.377 e. The summed E-state index contributed by atoms with van der Waals surface area (Å²) in [6, 6.07) is 0. The number of aryl methyl sites for hydroxylation is 1. The minimum Gasteiger partial charge on any atom is -0.377 e. The molecule has 0 spiro atoms. The molecule has 1 aromatic rings. The Balaban J connectivity index is 2.68. The van der Waals surface area contributed by atoms with Crippen LogP contribution in [0.5, 0.6) is 0 Å². The van der Waals surface area contributed by atoms with Crippen molar-refractivity contribution in [3.63, 3.8) is 0 Å². The molecule has 102 valence electrons. The summed E-state index contributed by atoms with van der Waals surface area (Å²) in [7, 11) is 1.88. The molecule has 2 N–H and O–H groups in total. The number of anilines is 2. The first-order chi connectivity index (χ1) is 8.58. The molecule has 1 aromatic heterocycles. The van der Waals surface area contributed by atoms with Crippen LogP contribution < -0.4 is 10.6 Å². The number of nitrogens with zero attached hydrogens (tertiary/aromatic N) is 2. The molecular weight excluding hydrogens is 228 g/mol. The fraction of sp³-hybridized carbons (Fsp3) is 0.692. The van der Waals surface area contributed by atoms with Gasteiger partial charge in [-0.25, -0.2) is 9.97 Å². The van der Waals surface area contributed by atoms with Crippen molar-refractivity contribution in [1.82, 2.24) is 9.97 Å². The number of aromatic nitrogens is 2. The number of hydrogen-bond donors (Lipinski definition) is 2. The highest BCUT2D eigenvalue weighted by Gasteiger charge is 2.08. The lowest BCUT2D eigenvalue weighted by Gasteiger charge is -2.14. The fourth-order valence-electron chi connectivity index (χ4n) is 1.60. The van der Waals surface area contributed by atoms with Crippen molar-refractivity contribution in [2.75, 3.05) is 30.8 Å². The fourth-order valence-corrected chi connectivity index (χ4v) is 1.60. The van der Waals surface area contributed by atoms with Crippen molar-refractivity contribution in [3.8, 4) is 0 Å². The summed E-state index contributed by atoms with van der Waals surface area (Å²) in [5, 5.41) is 6.40. The average molecular weight is 252 g/mol. The molecule has 0 fully saturated rings. The van der Waals surface area contributed by atoms with Crippen LogP contribution in [0.2, 0.25) is 0 Å². The van der Waals surface area contributed by atoms with E-state index in [2.05, 4.69) is 27.5 Å². The number of hydrogen-bond acceptors (Lipinski definition) is 5. The van der Waals surface area contributed by atoms with Crippen LogP contribution in [0.3, 0.4) is 0 Å². The smallest absolute Gasteiger partial charge is 0.134 e. The summed E-state index contributed by atoms with van der Waals surface area (Å²) in [6.07, 6.45) is 1.09. The Morgan fingerprint density at radius 3 is 2.44 bits per heavy atom. The molecule has 5 nitrogen and oxygen atoms in total. The van der Waals surface area contributed by atoms with E-state index in [4.69, 9.17) is 4.74 Å². The van der Waals surface area contributed by atoms with Gasteiger partial charge in [0.25, 0.3) is 0 Å². The van der Waals surface area contributed by atoms with Gasteiger partial charge in [0, 0.05) is 25.6 Å². The van der Waals surface area contributed by atoms with E-state index in [9.17, 15) is 0 Å². The average Bonchev–Trinajstić information content (AvgIpc) is 2.36. The molecule has 0 amide bonds. The molecule has 1 heterocycles. The minimum absolute atomic E-state index is 0.261. The molecule has 0 bridgehead atoms. The summed E-state index contributed by atoms with van der Waals surface area (Å²) >= 11 is 0. The number of rotatable bonds is 7. The normalized spacial score (nSPS) is 10.8. The Bertz CT molecular complexity index is 379. The Labute approximate surface area is 109 Å². The lowest BCUT2D eigenvalue weighted by Crippen LogP contribution is -2.16. The molecule has 0 radical (unpaired) electrons. The first-order valence-electron chi connectivity index (χ1n) is 6.49. The molecule has 0 aliphatic carbocycles. The monoisotopic (exact) mass is 252 g/mol. The summed E-state index contributed by atoms with van der Waals surface area (Å²) in [5.41, 5.74) is 1.04. The lowest BCUT2D eigenvalue weighted by molar-refractivity contribution is 0.0870. The first-order valence-corrected chi connectivity index (χ1v) is 6.49. The van der Waals surface area contributed by atoms with E-state index >= 15 is 0 Å². The van der Waals surface area contributed by atoms with Gasteiger partial charge in [0.2, 0.25) is 0 Å². The van der Waals surface area contributed by atoms with Gasteiger partial charge in [-0.3, -0.25) is 0 Å². The predicted molar refractivity (Wildman–Crippen MR) is 75.3 cm³/mol. The van der Waals surface area contributed by atoms with E-state index in [1.165, 1.54) is 0 Å². The Morgan fingerprint density at radius 1 is 1.22 bits per heavy atom. The second-order valence-corrected chi connectivity index (χ2v) is 4.41. The van der Waals surface area contributed by atoms with Crippen LogP contribution >= 0.6 is 0 Å². The van der Waals surface area contributed by atoms with Crippen LogP contribution in [0.15, 0.2) is 0 Å². The van der Waals surface area contributed by atoms with E-state index < -0.39 is 0 Å². The molecule has 18 heavy (non-hydrogen) atoms. The summed E-state index contributed by atoms with van der Waals surface area (Å²) < 4.78 is 5.50. The Kier molecular flexibility index (Phi) is 5.85. The van der Waals surface area contributed by atoms with Crippen molar-refractivity contribution in [2.24, 2.45) is 0 Å². The minimum atomic E-state index is 0.261. The van der Waals surface area contributed by atoms with Crippen molar-refractivity contribution in [3.05, 3.63) is 11.4 Å². The highest BCUT2D eigenvalue weighted by atomic mass is 16.5. The van der Waals surface area contributed by atoms with Crippen molar-refractivity contribution >= 4 is 11.6 Å². The van der Waals surface area contributed by atoms with Gasteiger partial charge in [0.05, 0.1) is 12.7 Å². The molecule has 0 saturated carbocycles. The third-order valence-electron chi connectivity index (χ3n) is 2.59. The Morgan fingerprint density at radius 2 is 1.89 bits per heavy atom. The Hall–Kier alpha value is -1.36. The van der Waals surface area contributed by atoms with E-state index in [0.717, 1.165) is 36.0 Å². The molecule has 0 aromatic carbocycles. The second-order valence-electron chi connectivity index (χ2n) is 4.41. The molecule has 0 aliphatic rings.